The van der Waals surface area contributed by atoms with Gasteiger partial charge >= 0.3 is 0 Å². The first-order valence-corrected chi connectivity index (χ1v) is 8.55. The topological polar surface area (TPSA) is 103 Å². The Morgan fingerprint density at radius 1 is 0.821 bits per heavy atom. The van der Waals surface area contributed by atoms with Crippen molar-refractivity contribution in [3.63, 3.8) is 0 Å². The van der Waals surface area contributed by atoms with Crippen LogP contribution < -0.4 is 25.1 Å². The Bertz CT molecular complexity index is 826. The number of methoxy groups -OCH3 is 2. The largest absolute Gasteiger partial charge is 0.497 e. The highest BCUT2D eigenvalue weighted by Gasteiger charge is 2.11. The summed E-state index contributed by atoms with van der Waals surface area (Å²) in [6.07, 6.45) is 0.418. The highest BCUT2D eigenvalue weighted by molar-refractivity contribution is 5.96. The second-order valence-electron chi connectivity index (χ2n) is 5.69. The van der Waals surface area contributed by atoms with Crippen LogP contribution in [0.25, 0.3) is 0 Å². The van der Waals surface area contributed by atoms with E-state index in [-0.39, 0.29) is 18.0 Å². The maximum atomic E-state index is 12.2. The average molecular weight is 386 g/mol. The van der Waals surface area contributed by atoms with Crippen LogP contribution in [0.15, 0.2) is 42.5 Å². The Kier molecular flexibility index (Phi) is 7.38. The van der Waals surface area contributed by atoms with Gasteiger partial charge in [0.05, 0.1) is 14.2 Å². The molecule has 2 aromatic carbocycles. The number of carbonyl (C=O) groups is 3. The summed E-state index contributed by atoms with van der Waals surface area (Å²) in [4.78, 5) is 35.6. The molecule has 0 atom stereocenters. The SMILES string of the molecule is CCC(=O)c1ccc(OCC(=O)NNC(=O)c2cc(OC)cc(OC)c2)cc1. The van der Waals surface area contributed by atoms with Gasteiger partial charge in [0.25, 0.3) is 11.8 Å². The molecule has 2 aromatic rings. The number of benzene rings is 2. The van der Waals surface area contributed by atoms with Crippen LogP contribution in [0.1, 0.15) is 34.1 Å². The lowest BCUT2D eigenvalue weighted by molar-refractivity contribution is -0.123. The van der Waals surface area contributed by atoms with Gasteiger partial charge < -0.3 is 14.2 Å². The molecule has 8 nitrogen and oxygen atoms in total. The van der Waals surface area contributed by atoms with Crippen molar-refractivity contribution in [2.75, 3.05) is 20.8 Å². The first kappa shape index (κ1) is 20.8. The number of ether oxygens (including phenoxy) is 3. The molecule has 28 heavy (non-hydrogen) atoms. The molecule has 2 rings (SSSR count). The average Bonchev–Trinajstić information content (AvgIpc) is 2.75. The van der Waals surface area contributed by atoms with Crippen LogP contribution in [0, 0.1) is 0 Å². The maximum absolute atomic E-state index is 12.2. The molecule has 0 bridgehead atoms. The van der Waals surface area contributed by atoms with Crippen LogP contribution in [0.3, 0.4) is 0 Å². The summed E-state index contributed by atoms with van der Waals surface area (Å²) in [5.74, 6) is 0.283. The minimum Gasteiger partial charge on any atom is -0.497 e. The van der Waals surface area contributed by atoms with Gasteiger partial charge in [0.15, 0.2) is 12.4 Å². The molecule has 0 saturated heterocycles. The summed E-state index contributed by atoms with van der Waals surface area (Å²) in [6, 6.07) is 11.1. The summed E-state index contributed by atoms with van der Waals surface area (Å²) in [5.41, 5.74) is 5.40. The number of rotatable bonds is 8. The fourth-order valence-electron chi connectivity index (χ4n) is 2.26. The number of Topliss-reactive ketones (excluding diaryl/α,β-unsaturated/α-hetero) is 1. The lowest BCUT2D eigenvalue weighted by Crippen LogP contribution is -2.43. The van der Waals surface area contributed by atoms with Crippen LogP contribution in [0.4, 0.5) is 0 Å². The zero-order valence-electron chi connectivity index (χ0n) is 15.9. The Morgan fingerprint density at radius 2 is 1.43 bits per heavy atom. The van der Waals surface area contributed by atoms with Crippen molar-refractivity contribution in [1.82, 2.24) is 10.9 Å². The third-order valence-electron chi connectivity index (χ3n) is 3.80. The smallest absolute Gasteiger partial charge is 0.276 e. The van der Waals surface area contributed by atoms with Gasteiger partial charge in [0.1, 0.15) is 17.2 Å². The lowest BCUT2D eigenvalue weighted by Gasteiger charge is -2.11. The monoisotopic (exact) mass is 386 g/mol. The molecular formula is C20H22N2O6. The third-order valence-corrected chi connectivity index (χ3v) is 3.80. The van der Waals surface area contributed by atoms with Crippen molar-refractivity contribution >= 4 is 17.6 Å². The summed E-state index contributed by atoms with van der Waals surface area (Å²) < 4.78 is 15.5. The summed E-state index contributed by atoms with van der Waals surface area (Å²) in [5, 5.41) is 0. The normalized spacial score (nSPS) is 9.96. The van der Waals surface area contributed by atoms with Crippen LogP contribution in [-0.4, -0.2) is 38.4 Å². The van der Waals surface area contributed by atoms with Gasteiger partial charge in [0, 0.05) is 23.6 Å². The van der Waals surface area contributed by atoms with Gasteiger partial charge in [-0.05, 0) is 36.4 Å². The van der Waals surface area contributed by atoms with E-state index in [4.69, 9.17) is 14.2 Å². The molecule has 2 N–H and O–H groups in total. The first-order chi connectivity index (χ1) is 13.5. The van der Waals surface area contributed by atoms with E-state index < -0.39 is 11.8 Å². The molecular weight excluding hydrogens is 364 g/mol. The van der Waals surface area contributed by atoms with E-state index in [2.05, 4.69) is 10.9 Å². The summed E-state index contributed by atoms with van der Waals surface area (Å²) in [7, 11) is 2.94. The number of carbonyl (C=O) groups excluding carboxylic acids is 3. The molecule has 0 spiro atoms. The molecule has 0 saturated carbocycles. The standard InChI is InChI=1S/C20H22N2O6/c1-4-18(23)13-5-7-15(8-6-13)28-12-19(24)21-22-20(25)14-9-16(26-2)11-17(10-14)27-3/h5-11H,4,12H2,1-3H3,(H,21,24)(H,22,25). The van der Waals surface area contributed by atoms with Crippen LogP contribution in [0.2, 0.25) is 0 Å². The Balaban J connectivity index is 1.85. The van der Waals surface area contributed by atoms with Crippen LogP contribution in [-0.2, 0) is 4.79 Å². The fourth-order valence-corrected chi connectivity index (χ4v) is 2.26. The molecule has 148 valence electrons. The van der Waals surface area contributed by atoms with Crippen LogP contribution >= 0.6 is 0 Å². The molecule has 0 unspecified atom stereocenters. The molecule has 0 aliphatic heterocycles. The zero-order chi connectivity index (χ0) is 20.5. The van der Waals surface area contributed by atoms with Crippen molar-refractivity contribution in [3.05, 3.63) is 53.6 Å². The molecule has 0 heterocycles. The minimum absolute atomic E-state index is 0.0289. The minimum atomic E-state index is -0.545. The molecule has 8 heteroatoms. The van der Waals surface area contributed by atoms with Crippen molar-refractivity contribution < 1.29 is 28.6 Å². The van der Waals surface area contributed by atoms with E-state index >= 15 is 0 Å². The molecule has 0 aromatic heterocycles. The predicted octanol–water partition coefficient (Wildman–Crippen LogP) is 2.14. The second kappa shape index (κ2) is 9.96. The van der Waals surface area contributed by atoms with Crippen molar-refractivity contribution in [3.8, 4) is 17.2 Å². The number of hydrogen-bond donors (Lipinski definition) is 2. The number of nitrogens with one attached hydrogen (secondary N) is 2. The quantitative estimate of drug-likeness (QED) is 0.532. The van der Waals surface area contributed by atoms with Crippen molar-refractivity contribution in [2.24, 2.45) is 0 Å². The van der Waals surface area contributed by atoms with E-state index in [1.165, 1.54) is 26.4 Å². The Labute approximate surface area is 162 Å². The Morgan fingerprint density at radius 3 is 1.96 bits per heavy atom. The fraction of sp³-hybridized carbons (Fsp3) is 0.250. The highest BCUT2D eigenvalue weighted by Crippen LogP contribution is 2.22. The van der Waals surface area contributed by atoms with Gasteiger partial charge in [-0.3, -0.25) is 25.2 Å². The maximum Gasteiger partial charge on any atom is 0.276 e. The summed E-state index contributed by atoms with van der Waals surface area (Å²) in [6.45, 7) is 1.48. The zero-order valence-corrected chi connectivity index (χ0v) is 15.9. The van der Waals surface area contributed by atoms with Crippen LogP contribution in [0.5, 0.6) is 17.2 Å². The number of hydrazine groups is 1. The number of ketones is 1. The number of hydrogen-bond acceptors (Lipinski definition) is 6. The van der Waals surface area contributed by atoms with Gasteiger partial charge in [-0.15, -0.1) is 0 Å². The van der Waals surface area contributed by atoms with Gasteiger partial charge in [-0.25, -0.2) is 0 Å². The van der Waals surface area contributed by atoms with E-state index in [1.54, 1.807) is 37.3 Å². The third kappa shape index (κ3) is 5.73. The molecule has 0 fully saturated rings. The van der Waals surface area contributed by atoms with Crippen molar-refractivity contribution in [2.45, 2.75) is 13.3 Å². The highest BCUT2D eigenvalue weighted by atomic mass is 16.5. The summed E-state index contributed by atoms with van der Waals surface area (Å²) >= 11 is 0. The van der Waals surface area contributed by atoms with E-state index in [9.17, 15) is 14.4 Å². The Hall–Kier alpha value is -3.55. The second-order valence-corrected chi connectivity index (χ2v) is 5.69. The van der Waals surface area contributed by atoms with Gasteiger partial charge in [-0.2, -0.15) is 0 Å². The van der Waals surface area contributed by atoms with E-state index in [0.717, 1.165) is 0 Å². The van der Waals surface area contributed by atoms with Crippen molar-refractivity contribution in [1.29, 1.82) is 0 Å². The first-order valence-electron chi connectivity index (χ1n) is 8.55. The molecule has 0 aliphatic carbocycles. The van der Waals surface area contributed by atoms with E-state index in [0.29, 0.717) is 29.2 Å². The predicted molar refractivity (Wildman–Crippen MR) is 102 cm³/mol. The lowest BCUT2D eigenvalue weighted by atomic mass is 10.1. The van der Waals surface area contributed by atoms with Gasteiger partial charge in [0.2, 0.25) is 0 Å². The van der Waals surface area contributed by atoms with E-state index in [1.807, 2.05) is 0 Å². The molecule has 0 aliphatic rings. The number of amides is 2. The molecule has 2 amide bonds. The molecule has 0 radical (unpaired) electrons. The van der Waals surface area contributed by atoms with Gasteiger partial charge in [-0.1, -0.05) is 6.92 Å².